The Labute approximate surface area is 76.0 Å². The highest BCUT2D eigenvalue weighted by Crippen LogP contribution is 2.25. The van der Waals surface area contributed by atoms with Crippen LogP contribution >= 0.6 is 0 Å². The lowest BCUT2D eigenvalue weighted by atomic mass is 10.3. The molecule has 0 unspecified atom stereocenters. The van der Waals surface area contributed by atoms with Gasteiger partial charge >= 0.3 is 6.36 Å². The molecular weight excluding hydrogens is 206 g/mol. The minimum atomic E-state index is -4.96. The molecule has 1 aromatic heterocycles. The van der Waals surface area contributed by atoms with Crippen LogP contribution in [0.5, 0.6) is 5.75 Å². The molecule has 0 saturated carbocycles. The van der Waals surface area contributed by atoms with E-state index in [0.29, 0.717) is 0 Å². The standard InChI is InChI=1S/C7H5F4NO2/c8-6-4(3-13)12-2-1-5(6)14-7(9,10)11/h1-2,13H,3H2. The fourth-order valence-electron chi connectivity index (χ4n) is 0.781. The first-order valence-corrected chi connectivity index (χ1v) is 3.44. The van der Waals surface area contributed by atoms with Gasteiger partial charge in [-0.15, -0.1) is 13.2 Å². The molecule has 0 bridgehead atoms. The molecule has 0 atom stereocenters. The summed E-state index contributed by atoms with van der Waals surface area (Å²) in [7, 11) is 0. The Morgan fingerprint density at radius 3 is 2.57 bits per heavy atom. The van der Waals surface area contributed by atoms with Gasteiger partial charge < -0.3 is 9.84 Å². The lowest BCUT2D eigenvalue weighted by Gasteiger charge is -2.10. The van der Waals surface area contributed by atoms with Crippen LogP contribution in [0, 0.1) is 5.82 Å². The van der Waals surface area contributed by atoms with Crippen LogP contribution in [-0.2, 0) is 6.61 Å². The number of halogens is 4. The summed E-state index contributed by atoms with van der Waals surface area (Å²) in [5.41, 5.74) is -0.494. The maximum Gasteiger partial charge on any atom is 0.573 e. The van der Waals surface area contributed by atoms with E-state index in [0.717, 1.165) is 12.3 Å². The second-order valence-electron chi connectivity index (χ2n) is 2.28. The predicted molar refractivity (Wildman–Crippen MR) is 36.8 cm³/mol. The Morgan fingerprint density at radius 2 is 2.07 bits per heavy atom. The molecular formula is C7H5F4NO2. The first-order chi connectivity index (χ1) is 6.44. The number of rotatable bonds is 2. The summed E-state index contributed by atoms with van der Waals surface area (Å²) in [6.45, 7) is -0.791. The number of hydrogen-bond acceptors (Lipinski definition) is 3. The van der Waals surface area contributed by atoms with Crippen LogP contribution in [0.4, 0.5) is 17.6 Å². The molecule has 78 valence electrons. The molecule has 0 aliphatic rings. The second-order valence-corrected chi connectivity index (χ2v) is 2.28. The largest absolute Gasteiger partial charge is 0.573 e. The van der Waals surface area contributed by atoms with Crippen molar-refractivity contribution in [2.24, 2.45) is 0 Å². The Morgan fingerprint density at radius 1 is 1.43 bits per heavy atom. The van der Waals surface area contributed by atoms with Gasteiger partial charge in [-0.05, 0) is 0 Å². The van der Waals surface area contributed by atoms with Crippen molar-refractivity contribution in [2.45, 2.75) is 13.0 Å². The van der Waals surface area contributed by atoms with Gasteiger partial charge in [-0.25, -0.2) is 4.39 Å². The van der Waals surface area contributed by atoms with Crippen LogP contribution < -0.4 is 4.74 Å². The molecule has 0 fully saturated rings. The molecule has 0 amide bonds. The summed E-state index contributed by atoms with van der Waals surface area (Å²) >= 11 is 0. The van der Waals surface area contributed by atoms with Crippen molar-refractivity contribution in [2.75, 3.05) is 0 Å². The third-order valence-electron chi connectivity index (χ3n) is 1.30. The van der Waals surface area contributed by atoms with Gasteiger partial charge in [0.1, 0.15) is 5.69 Å². The molecule has 0 spiro atoms. The third kappa shape index (κ3) is 2.56. The minimum absolute atomic E-state index is 0.494. The van der Waals surface area contributed by atoms with E-state index < -0.39 is 30.2 Å². The summed E-state index contributed by atoms with van der Waals surface area (Å²) in [6.07, 6.45) is -4.05. The Balaban J connectivity index is 2.98. The monoisotopic (exact) mass is 211 g/mol. The zero-order valence-electron chi connectivity index (χ0n) is 6.68. The van der Waals surface area contributed by atoms with Crippen LogP contribution in [-0.4, -0.2) is 16.5 Å². The minimum Gasteiger partial charge on any atom is -0.403 e. The number of hydrogen-bond donors (Lipinski definition) is 1. The van der Waals surface area contributed by atoms with Crippen molar-refractivity contribution in [1.82, 2.24) is 4.98 Å². The molecule has 1 rings (SSSR count). The molecule has 1 aromatic rings. The van der Waals surface area contributed by atoms with E-state index in [9.17, 15) is 17.6 Å². The first-order valence-electron chi connectivity index (χ1n) is 3.44. The molecule has 0 radical (unpaired) electrons. The second kappa shape index (κ2) is 3.79. The molecule has 1 N–H and O–H groups in total. The van der Waals surface area contributed by atoms with Gasteiger partial charge in [0.15, 0.2) is 11.6 Å². The maximum atomic E-state index is 13.0. The van der Waals surface area contributed by atoms with E-state index in [1.165, 1.54) is 0 Å². The normalized spacial score (nSPS) is 11.5. The quantitative estimate of drug-likeness (QED) is 0.755. The summed E-state index contributed by atoms with van der Waals surface area (Å²) < 4.78 is 51.4. The van der Waals surface area contributed by atoms with E-state index in [1.54, 1.807) is 0 Å². The maximum absolute atomic E-state index is 13.0. The van der Waals surface area contributed by atoms with Crippen molar-refractivity contribution in [3.05, 3.63) is 23.8 Å². The van der Waals surface area contributed by atoms with Crippen molar-refractivity contribution < 1.29 is 27.4 Å². The van der Waals surface area contributed by atoms with Gasteiger partial charge in [0.05, 0.1) is 6.61 Å². The van der Waals surface area contributed by atoms with E-state index in [-0.39, 0.29) is 0 Å². The van der Waals surface area contributed by atoms with Gasteiger partial charge in [-0.3, -0.25) is 4.98 Å². The van der Waals surface area contributed by atoms with Crippen molar-refractivity contribution in [3.8, 4) is 5.75 Å². The third-order valence-corrected chi connectivity index (χ3v) is 1.30. The summed E-state index contributed by atoms with van der Waals surface area (Å²) in [5, 5.41) is 8.50. The fourth-order valence-corrected chi connectivity index (χ4v) is 0.781. The SMILES string of the molecule is OCc1nccc(OC(F)(F)F)c1F. The first kappa shape index (κ1) is 10.7. The number of aliphatic hydroxyl groups is 1. The number of alkyl halides is 3. The number of aromatic nitrogens is 1. The number of aliphatic hydroxyl groups excluding tert-OH is 1. The smallest absolute Gasteiger partial charge is 0.403 e. The zero-order chi connectivity index (χ0) is 10.8. The topological polar surface area (TPSA) is 42.4 Å². The molecule has 0 aromatic carbocycles. The molecule has 3 nitrogen and oxygen atoms in total. The summed E-state index contributed by atoms with van der Waals surface area (Å²) in [6, 6.07) is 0.724. The lowest BCUT2D eigenvalue weighted by molar-refractivity contribution is -0.275. The van der Waals surface area contributed by atoms with Crippen LogP contribution in [0.3, 0.4) is 0 Å². The summed E-state index contributed by atoms with van der Waals surface area (Å²) in [5.74, 6) is -2.32. The van der Waals surface area contributed by atoms with Crippen LogP contribution in [0.2, 0.25) is 0 Å². The van der Waals surface area contributed by atoms with Gasteiger partial charge in [-0.2, -0.15) is 0 Å². The van der Waals surface area contributed by atoms with Gasteiger partial charge in [0, 0.05) is 12.3 Å². The molecule has 1 heterocycles. The Kier molecular flexibility index (Phi) is 2.90. The average Bonchev–Trinajstić information content (AvgIpc) is 2.06. The number of ether oxygens (including phenoxy) is 1. The predicted octanol–water partition coefficient (Wildman–Crippen LogP) is 1.61. The average molecular weight is 211 g/mol. The summed E-state index contributed by atoms with van der Waals surface area (Å²) in [4.78, 5) is 3.32. The van der Waals surface area contributed by atoms with Gasteiger partial charge in [0.25, 0.3) is 0 Å². The molecule has 14 heavy (non-hydrogen) atoms. The lowest BCUT2D eigenvalue weighted by Crippen LogP contribution is -2.18. The van der Waals surface area contributed by atoms with Crippen molar-refractivity contribution in [1.29, 1.82) is 0 Å². The number of nitrogens with zero attached hydrogens (tertiary/aromatic N) is 1. The van der Waals surface area contributed by atoms with E-state index >= 15 is 0 Å². The fraction of sp³-hybridized carbons (Fsp3) is 0.286. The molecule has 7 heteroatoms. The van der Waals surface area contributed by atoms with Crippen LogP contribution in [0.1, 0.15) is 5.69 Å². The highest BCUT2D eigenvalue weighted by molar-refractivity contribution is 5.25. The van der Waals surface area contributed by atoms with Gasteiger partial charge in [-0.1, -0.05) is 0 Å². The zero-order valence-corrected chi connectivity index (χ0v) is 6.68. The van der Waals surface area contributed by atoms with Crippen molar-refractivity contribution >= 4 is 0 Å². The number of pyridine rings is 1. The van der Waals surface area contributed by atoms with E-state index in [4.69, 9.17) is 5.11 Å². The highest BCUT2D eigenvalue weighted by atomic mass is 19.4. The Bertz CT molecular complexity index is 326. The highest BCUT2D eigenvalue weighted by Gasteiger charge is 2.32. The van der Waals surface area contributed by atoms with Gasteiger partial charge in [0.2, 0.25) is 0 Å². The molecule has 0 aliphatic heterocycles. The molecule has 0 saturated heterocycles. The van der Waals surface area contributed by atoms with Crippen molar-refractivity contribution in [3.63, 3.8) is 0 Å². The molecule has 0 aliphatic carbocycles. The Hall–Kier alpha value is -1.37. The van der Waals surface area contributed by atoms with E-state index in [1.807, 2.05) is 0 Å². The van der Waals surface area contributed by atoms with E-state index in [2.05, 4.69) is 9.72 Å². The van der Waals surface area contributed by atoms with Crippen LogP contribution in [0.15, 0.2) is 12.3 Å². The van der Waals surface area contributed by atoms with Crippen LogP contribution in [0.25, 0.3) is 0 Å².